The van der Waals surface area contributed by atoms with Crippen LogP contribution in [0.4, 0.5) is 5.00 Å². The molecule has 1 aromatic heterocycles. The molecule has 0 aliphatic carbocycles. The minimum absolute atomic E-state index is 0.238. The number of carboxylic acid groups (broad SMARTS) is 1. The van der Waals surface area contributed by atoms with E-state index in [2.05, 4.69) is 21.2 Å². The summed E-state index contributed by atoms with van der Waals surface area (Å²) >= 11 is 4.80. The van der Waals surface area contributed by atoms with Gasteiger partial charge < -0.3 is 16.2 Å². The van der Waals surface area contributed by atoms with Crippen molar-refractivity contribution in [1.29, 1.82) is 0 Å². The Kier molecular flexibility index (Phi) is 3.71. The average Bonchev–Trinajstić information content (AvgIpc) is 2.47. The highest BCUT2D eigenvalue weighted by atomic mass is 79.9. The molecule has 13 heavy (non-hydrogen) atoms. The molecule has 0 radical (unpaired) electrons. The zero-order valence-corrected chi connectivity index (χ0v) is 9.06. The fraction of sp³-hybridized carbons (Fsp3) is 0.286. The lowest BCUT2D eigenvalue weighted by Gasteiger charge is -2.06. The van der Waals surface area contributed by atoms with Gasteiger partial charge in [0.15, 0.2) is 0 Å². The van der Waals surface area contributed by atoms with Gasteiger partial charge in [0.25, 0.3) is 0 Å². The van der Waals surface area contributed by atoms with Gasteiger partial charge in [0, 0.05) is 6.54 Å². The summed E-state index contributed by atoms with van der Waals surface area (Å²) in [5, 5.41) is 12.3. The highest BCUT2D eigenvalue weighted by Gasteiger charge is 2.10. The molecule has 0 bridgehead atoms. The Morgan fingerprint density at radius 2 is 2.46 bits per heavy atom. The van der Waals surface area contributed by atoms with Crippen LogP contribution in [-0.4, -0.2) is 23.7 Å². The third-order valence-electron chi connectivity index (χ3n) is 1.39. The summed E-state index contributed by atoms with van der Waals surface area (Å²) in [5.41, 5.74) is 5.30. The lowest BCUT2D eigenvalue weighted by molar-refractivity contribution is -0.138. The van der Waals surface area contributed by atoms with Gasteiger partial charge in [-0.1, -0.05) is 0 Å². The van der Waals surface area contributed by atoms with Gasteiger partial charge in [0.05, 0.1) is 8.79 Å². The molecule has 1 heterocycles. The Morgan fingerprint density at radius 3 is 2.92 bits per heavy atom. The van der Waals surface area contributed by atoms with Crippen molar-refractivity contribution in [2.24, 2.45) is 5.73 Å². The topological polar surface area (TPSA) is 75.3 Å². The van der Waals surface area contributed by atoms with Crippen LogP contribution in [0.25, 0.3) is 0 Å². The zero-order valence-electron chi connectivity index (χ0n) is 6.66. The molecule has 1 atom stereocenters. The van der Waals surface area contributed by atoms with Crippen molar-refractivity contribution in [1.82, 2.24) is 0 Å². The Hall–Kier alpha value is -0.590. The van der Waals surface area contributed by atoms with Gasteiger partial charge in [-0.25, -0.2) is 0 Å². The molecular weight excluding hydrogens is 256 g/mol. The molecule has 4 N–H and O–H groups in total. The molecule has 0 aliphatic heterocycles. The minimum Gasteiger partial charge on any atom is -0.480 e. The number of carbonyl (C=O) groups is 1. The third kappa shape index (κ3) is 3.33. The molecular formula is C7H9BrN2O2S. The maximum Gasteiger partial charge on any atom is 0.322 e. The molecule has 72 valence electrons. The second-order valence-electron chi connectivity index (χ2n) is 2.43. The van der Waals surface area contributed by atoms with Crippen molar-refractivity contribution in [3.8, 4) is 0 Å². The highest BCUT2D eigenvalue weighted by molar-refractivity contribution is 9.11. The molecule has 0 aromatic carbocycles. The van der Waals surface area contributed by atoms with Gasteiger partial charge in [-0.2, -0.15) is 0 Å². The fourth-order valence-corrected chi connectivity index (χ4v) is 2.00. The van der Waals surface area contributed by atoms with Crippen LogP contribution in [0.15, 0.2) is 15.9 Å². The van der Waals surface area contributed by atoms with Crippen LogP contribution >= 0.6 is 27.3 Å². The summed E-state index contributed by atoms with van der Waals surface area (Å²) in [6.45, 7) is 0.238. The maximum absolute atomic E-state index is 10.4. The van der Waals surface area contributed by atoms with Crippen LogP contribution in [0, 0.1) is 0 Å². The van der Waals surface area contributed by atoms with Gasteiger partial charge in [0.2, 0.25) is 0 Å². The SMILES string of the molecule is NC(CNc1ccc(Br)s1)C(=O)O. The molecule has 6 heteroatoms. The lowest BCUT2D eigenvalue weighted by Crippen LogP contribution is -2.36. The van der Waals surface area contributed by atoms with Crippen LogP contribution in [0.5, 0.6) is 0 Å². The number of nitrogens with two attached hydrogens (primary N) is 1. The van der Waals surface area contributed by atoms with Gasteiger partial charge >= 0.3 is 5.97 Å². The molecule has 0 aliphatic rings. The molecule has 0 fully saturated rings. The maximum atomic E-state index is 10.4. The van der Waals surface area contributed by atoms with Crippen molar-refractivity contribution in [3.63, 3.8) is 0 Å². The highest BCUT2D eigenvalue weighted by Crippen LogP contribution is 2.26. The summed E-state index contributed by atoms with van der Waals surface area (Å²) in [6.07, 6.45) is 0. The standard InChI is InChI=1S/C7H9BrN2O2S/c8-5-1-2-6(13-5)10-3-4(9)7(11)12/h1-2,4,10H,3,9H2,(H,11,12). The quantitative estimate of drug-likeness (QED) is 0.767. The summed E-state index contributed by atoms with van der Waals surface area (Å²) in [6, 6.07) is 2.89. The molecule has 1 unspecified atom stereocenters. The van der Waals surface area contributed by atoms with Crippen LogP contribution in [0.1, 0.15) is 0 Å². The van der Waals surface area contributed by atoms with E-state index >= 15 is 0 Å². The second-order valence-corrected chi connectivity index (χ2v) is 4.89. The zero-order chi connectivity index (χ0) is 9.84. The second kappa shape index (κ2) is 4.59. The number of hydrogen-bond donors (Lipinski definition) is 3. The normalized spacial score (nSPS) is 12.5. The summed E-state index contributed by atoms with van der Waals surface area (Å²) in [5.74, 6) is -0.997. The molecule has 4 nitrogen and oxygen atoms in total. The number of thiophene rings is 1. The van der Waals surface area contributed by atoms with Crippen molar-refractivity contribution >= 4 is 38.2 Å². The van der Waals surface area contributed by atoms with E-state index in [0.717, 1.165) is 8.79 Å². The van der Waals surface area contributed by atoms with E-state index < -0.39 is 12.0 Å². The van der Waals surface area contributed by atoms with E-state index in [1.54, 1.807) is 0 Å². The Bertz CT molecular complexity index is 302. The number of anilines is 1. The van der Waals surface area contributed by atoms with E-state index in [4.69, 9.17) is 10.8 Å². The Morgan fingerprint density at radius 1 is 1.77 bits per heavy atom. The first-order chi connectivity index (χ1) is 6.09. The smallest absolute Gasteiger partial charge is 0.322 e. The van der Waals surface area contributed by atoms with Gasteiger partial charge in [0.1, 0.15) is 6.04 Å². The molecule has 1 aromatic rings. The third-order valence-corrected chi connectivity index (χ3v) is 2.97. The molecule has 0 saturated carbocycles. The summed E-state index contributed by atoms with van der Waals surface area (Å²) < 4.78 is 0.999. The Balaban J connectivity index is 2.39. The molecule has 1 rings (SSSR count). The lowest BCUT2D eigenvalue weighted by atomic mass is 10.3. The van der Waals surface area contributed by atoms with E-state index in [1.165, 1.54) is 11.3 Å². The number of rotatable bonds is 4. The molecule has 0 saturated heterocycles. The predicted molar refractivity (Wildman–Crippen MR) is 56.1 cm³/mol. The van der Waals surface area contributed by atoms with E-state index in [-0.39, 0.29) is 6.54 Å². The van der Waals surface area contributed by atoms with Crippen LogP contribution in [-0.2, 0) is 4.79 Å². The molecule has 0 amide bonds. The number of carboxylic acids is 1. The monoisotopic (exact) mass is 264 g/mol. The summed E-state index contributed by atoms with van der Waals surface area (Å²) in [7, 11) is 0. The number of hydrogen-bond acceptors (Lipinski definition) is 4. The minimum atomic E-state index is -0.997. The van der Waals surface area contributed by atoms with Crippen LogP contribution in [0.3, 0.4) is 0 Å². The van der Waals surface area contributed by atoms with Crippen molar-refractivity contribution in [2.45, 2.75) is 6.04 Å². The largest absolute Gasteiger partial charge is 0.480 e. The van der Waals surface area contributed by atoms with Crippen molar-refractivity contribution in [3.05, 3.63) is 15.9 Å². The first-order valence-electron chi connectivity index (χ1n) is 3.57. The van der Waals surface area contributed by atoms with Crippen LogP contribution < -0.4 is 11.1 Å². The van der Waals surface area contributed by atoms with Gasteiger partial charge in [-0.05, 0) is 28.1 Å². The van der Waals surface area contributed by atoms with E-state index in [9.17, 15) is 4.79 Å². The summed E-state index contributed by atoms with van der Waals surface area (Å²) in [4.78, 5) is 10.4. The number of halogens is 1. The van der Waals surface area contributed by atoms with Gasteiger partial charge in [-0.15, -0.1) is 11.3 Å². The van der Waals surface area contributed by atoms with E-state index in [1.807, 2.05) is 12.1 Å². The number of aliphatic carboxylic acids is 1. The first kappa shape index (κ1) is 10.5. The fourth-order valence-electron chi connectivity index (χ4n) is 0.707. The van der Waals surface area contributed by atoms with Crippen LogP contribution in [0.2, 0.25) is 0 Å². The first-order valence-corrected chi connectivity index (χ1v) is 5.18. The van der Waals surface area contributed by atoms with Crippen molar-refractivity contribution < 1.29 is 9.90 Å². The Labute approximate surface area is 87.9 Å². The average molecular weight is 265 g/mol. The number of nitrogens with one attached hydrogen (secondary N) is 1. The molecule has 0 spiro atoms. The van der Waals surface area contributed by atoms with E-state index in [0.29, 0.717) is 0 Å². The van der Waals surface area contributed by atoms with Crippen molar-refractivity contribution in [2.75, 3.05) is 11.9 Å². The predicted octanol–water partition coefficient (Wildman–Crippen LogP) is 1.33. The van der Waals surface area contributed by atoms with Gasteiger partial charge in [-0.3, -0.25) is 4.79 Å².